The molecule has 1 aliphatic rings. The van der Waals surface area contributed by atoms with Gasteiger partial charge in [-0.25, -0.2) is 0 Å². The molecule has 0 bridgehead atoms. The Morgan fingerprint density at radius 3 is 1.09 bits per heavy atom. The molecule has 2 aromatic rings. The second-order valence-electron chi connectivity index (χ2n) is 9.91. The first-order valence-electron chi connectivity index (χ1n) is 11.7. The Morgan fingerprint density at radius 1 is 0.441 bits per heavy atom. The van der Waals surface area contributed by atoms with Crippen molar-refractivity contribution in [1.82, 2.24) is 8.97 Å². The molecule has 0 atom stereocenters. The van der Waals surface area contributed by atoms with E-state index in [-0.39, 0.29) is 0 Å². The molecule has 0 saturated carbocycles. The standard InChI is InChI=1S/C26H40N2O6/c1-27(2,3)21-7-9-23-25(19-21)33-17-13-30-14-18-34-26-20-22(28(4,5)6)8-10-24(26)32-16-12-29-11-15-31-23/h7-10,19-20H,11-18H2,1-6H3/q+2. The van der Waals surface area contributed by atoms with Crippen molar-refractivity contribution in [2.24, 2.45) is 0 Å². The number of fused-ring (bicyclic) bond motifs is 2. The first-order valence-corrected chi connectivity index (χ1v) is 11.7. The molecule has 8 nitrogen and oxygen atoms in total. The molecule has 188 valence electrons. The van der Waals surface area contributed by atoms with Gasteiger partial charge in [0.2, 0.25) is 0 Å². The summed E-state index contributed by atoms with van der Waals surface area (Å²) in [6.07, 6.45) is 0. The van der Waals surface area contributed by atoms with E-state index in [1.54, 1.807) is 0 Å². The van der Waals surface area contributed by atoms with Crippen LogP contribution in [0.1, 0.15) is 0 Å². The molecule has 2 aromatic carbocycles. The monoisotopic (exact) mass is 476 g/mol. The van der Waals surface area contributed by atoms with Gasteiger partial charge in [-0.3, -0.25) is 8.97 Å². The van der Waals surface area contributed by atoms with Crippen LogP contribution in [-0.2, 0) is 9.47 Å². The highest BCUT2D eigenvalue weighted by Gasteiger charge is 2.18. The molecule has 0 aliphatic carbocycles. The van der Waals surface area contributed by atoms with Gasteiger partial charge < -0.3 is 28.4 Å². The first-order chi connectivity index (χ1) is 16.1. The van der Waals surface area contributed by atoms with Crippen LogP contribution >= 0.6 is 0 Å². The zero-order valence-electron chi connectivity index (χ0n) is 21.5. The van der Waals surface area contributed by atoms with E-state index in [1.807, 2.05) is 24.3 Å². The highest BCUT2D eigenvalue weighted by atomic mass is 16.6. The summed E-state index contributed by atoms with van der Waals surface area (Å²) in [7, 11) is 12.7. The summed E-state index contributed by atoms with van der Waals surface area (Å²) in [4.78, 5) is 0. The van der Waals surface area contributed by atoms with Crippen molar-refractivity contribution in [3.63, 3.8) is 0 Å². The second-order valence-corrected chi connectivity index (χ2v) is 9.91. The lowest BCUT2D eigenvalue weighted by molar-refractivity contribution is 0.0640. The van der Waals surface area contributed by atoms with Crippen molar-refractivity contribution in [2.45, 2.75) is 0 Å². The zero-order valence-corrected chi connectivity index (χ0v) is 21.5. The van der Waals surface area contributed by atoms with E-state index in [0.717, 1.165) is 11.4 Å². The summed E-state index contributed by atoms with van der Waals surface area (Å²) >= 11 is 0. The van der Waals surface area contributed by atoms with Crippen molar-refractivity contribution in [2.75, 3.05) is 95.1 Å². The summed E-state index contributed by atoms with van der Waals surface area (Å²) in [5, 5.41) is 0. The SMILES string of the molecule is C[N+](C)(C)c1ccc2c(c1)OCCOCCOc1cc([N+](C)(C)C)ccc1OCCOCCO2. The molecule has 0 spiro atoms. The van der Waals surface area contributed by atoms with Crippen molar-refractivity contribution in [3.05, 3.63) is 36.4 Å². The highest BCUT2D eigenvalue weighted by Crippen LogP contribution is 2.34. The van der Waals surface area contributed by atoms with Crippen LogP contribution in [0.2, 0.25) is 0 Å². The molecule has 0 fully saturated rings. The molecule has 1 aliphatic heterocycles. The molecule has 8 heteroatoms. The molecule has 0 N–H and O–H groups in total. The van der Waals surface area contributed by atoms with Gasteiger partial charge in [-0.15, -0.1) is 0 Å². The largest absolute Gasteiger partial charge is 0.487 e. The second kappa shape index (κ2) is 11.8. The topological polar surface area (TPSA) is 55.4 Å². The van der Waals surface area contributed by atoms with Gasteiger partial charge in [0.15, 0.2) is 23.0 Å². The number of quaternary nitrogens is 2. The first kappa shape index (κ1) is 26.1. The van der Waals surface area contributed by atoms with Crippen LogP contribution in [0.25, 0.3) is 0 Å². The Hall–Kier alpha value is -2.52. The molecule has 3 rings (SSSR count). The number of hydrogen-bond donors (Lipinski definition) is 0. The van der Waals surface area contributed by atoms with E-state index < -0.39 is 0 Å². The van der Waals surface area contributed by atoms with Gasteiger partial charge in [-0.1, -0.05) is 0 Å². The van der Waals surface area contributed by atoms with E-state index >= 15 is 0 Å². The van der Waals surface area contributed by atoms with Gasteiger partial charge in [0, 0.05) is 24.3 Å². The molecule has 34 heavy (non-hydrogen) atoms. The van der Waals surface area contributed by atoms with Gasteiger partial charge in [-0.2, -0.15) is 0 Å². The minimum Gasteiger partial charge on any atom is -0.487 e. The van der Waals surface area contributed by atoms with Gasteiger partial charge in [0.25, 0.3) is 0 Å². The van der Waals surface area contributed by atoms with Crippen molar-refractivity contribution in [1.29, 1.82) is 0 Å². The van der Waals surface area contributed by atoms with Crippen molar-refractivity contribution >= 4 is 11.4 Å². The Morgan fingerprint density at radius 2 is 0.765 bits per heavy atom. The van der Waals surface area contributed by atoms with Gasteiger partial charge in [0.1, 0.15) is 37.8 Å². The van der Waals surface area contributed by atoms with Crippen LogP contribution in [0.5, 0.6) is 23.0 Å². The number of hydrogen-bond acceptors (Lipinski definition) is 6. The average molecular weight is 477 g/mol. The average Bonchev–Trinajstić information content (AvgIpc) is 2.77. The normalized spacial score (nSPS) is 16.9. The van der Waals surface area contributed by atoms with E-state index in [9.17, 15) is 0 Å². The predicted octanol–water partition coefficient (Wildman–Crippen LogP) is 3.34. The summed E-state index contributed by atoms with van der Waals surface area (Å²) in [5.74, 6) is 2.81. The van der Waals surface area contributed by atoms with E-state index in [0.29, 0.717) is 84.8 Å². The maximum atomic E-state index is 6.01. The lowest BCUT2D eigenvalue weighted by Gasteiger charge is -2.25. The molecular formula is C26H40N2O6+2. The van der Waals surface area contributed by atoms with Crippen LogP contribution in [0.15, 0.2) is 36.4 Å². The van der Waals surface area contributed by atoms with Crippen LogP contribution in [-0.4, -0.2) is 95.1 Å². The summed E-state index contributed by atoms with van der Waals surface area (Å²) in [6, 6.07) is 12.1. The van der Waals surface area contributed by atoms with Gasteiger partial charge >= 0.3 is 0 Å². The Balaban J connectivity index is 1.66. The molecule has 0 unspecified atom stereocenters. The van der Waals surface area contributed by atoms with E-state index in [4.69, 9.17) is 28.4 Å². The van der Waals surface area contributed by atoms with E-state index in [2.05, 4.69) is 54.4 Å². The van der Waals surface area contributed by atoms with Crippen LogP contribution in [0.3, 0.4) is 0 Å². The lowest BCUT2D eigenvalue weighted by atomic mass is 10.2. The smallest absolute Gasteiger partial charge is 0.167 e. The van der Waals surface area contributed by atoms with Crippen molar-refractivity contribution in [3.8, 4) is 23.0 Å². The van der Waals surface area contributed by atoms with Crippen molar-refractivity contribution < 1.29 is 28.4 Å². The van der Waals surface area contributed by atoms with Gasteiger partial charge in [0.05, 0.1) is 68.7 Å². The van der Waals surface area contributed by atoms with Gasteiger partial charge in [-0.05, 0) is 12.1 Å². The van der Waals surface area contributed by atoms with Crippen LogP contribution < -0.4 is 27.9 Å². The van der Waals surface area contributed by atoms with Crippen LogP contribution in [0.4, 0.5) is 11.4 Å². The number of benzene rings is 2. The molecule has 0 aromatic heterocycles. The number of nitrogens with zero attached hydrogens (tertiary/aromatic N) is 2. The predicted molar refractivity (Wildman–Crippen MR) is 136 cm³/mol. The third kappa shape index (κ3) is 7.77. The fraction of sp³-hybridized carbons (Fsp3) is 0.538. The zero-order chi connectivity index (χ0) is 24.6. The third-order valence-corrected chi connectivity index (χ3v) is 5.34. The van der Waals surface area contributed by atoms with E-state index in [1.165, 1.54) is 0 Å². The fourth-order valence-electron chi connectivity index (χ4n) is 3.34. The Kier molecular flexibility index (Phi) is 9.02. The minimum absolute atomic E-state index is 0.415. The molecule has 0 radical (unpaired) electrons. The lowest BCUT2D eigenvalue weighted by Crippen LogP contribution is -2.34. The maximum Gasteiger partial charge on any atom is 0.167 e. The molecule has 0 amide bonds. The summed E-state index contributed by atoms with van der Waals surface area (Å²) in [6.45, 7) is 3.47. The number of ether oxygens (including phenoxy) is 6. The Bertz CT molecular complexity index is 847. The highest BCUT2D eigenvalue weighted by molar-refractivity contribution is 5.54. The third-order valence-electron chi connectivity index (χ3n) is 5.34. The van der Waals surface area contributed by atoms with Crippen LogP contribution in [0, 0.1) is 0 Å². The summed E-state index contributed by atoms with van der Waals surface area (Å²) in [5.41, 5.74) is 2.25. The molecule has 1 heterocycles. The minimum atomic E-state index is 0.415. The summed E-state index contributed by atoms with van der Waals surface area (Å²) < 4.78 is 36.7. The Labute approximate surface area is 203 Å². The number of rotatable bonds is 2. The maximum absolute atomic E-state index is 6.01. The molecular weight excluding hydrogens is 436 g/mol. The fourth-order valence-corrected chi connectivity index (χ4v) is 3.34. The molecule has 0 saturated heterocycles. The quantitative estimate of drug-likeness (QED) is 0.620.